The lowest BCUT2D eigenvalue weighted by Gasteiger charge is -2.19. The summed E-state index contributed by atoms with van der Waals surface area (Å²) in [5.41, 5.74) is 5.15. The zero-order valence-electron chi connectivity index (χ0n) is 19.3. The molecule has 0 atom stereocenters. The molecule has 0 spiro atoms. The van der Waals surface area contributed by atoms with Crippen LogP contribution in [0, 0.1) is 0 Å². The zero-order valence-corrected chi connectivity index (χ0v) is 20.1. The lowest BCUT2D eigenvalue weighted by Crippen LogP contribution is -2.41. The van der Waals surface area contributed by atoms with Gasteiger partial charge < -0.3 is 4.42 Å². The van der Waals surface area contributed by atoms with Crippen molar-refractivity contribution in [3.8, 4) is 0 Å². The number of nitrogens with zero attached hydrogens (tertiary/aromatic N) is 2. The SMILES string of the molecule is CCN(CC)Cc1ccc(C(=O)NNC(=O)c2cccc(S(=O)(=O)N(C)c3ccccc3)c2)o1. The van der Waals surface area contributed by atoms with Crippen LogP contribution in [0.1, 0.15) is 40.5 Å². The van der Waals surface area contributed by atoms with Crippen LogP contribution < -0.4 is 15.2 Å². The topological polar surface area (TPSA) is 112 Å². The summed E-state index contributed by atoms with van der Waals surface area (Å²) in [5.74, 6) is -0.585. The van der Waals surface area contributed by atoms with E-state index in [1.165, 1.54) is 37.4 Å². The number of rotatable bonds is 9. The van der Waals surface area contributed by atoms with Crippen LogP contribution in [-0.4, -0.2) is 45.3 Å². The van der Waals surface area contributed by atoms with Gasteiger partial charge in [-0.05, 0) is 55.6 Å². The van der Waals surface area contributed by atoms with Crippen LogP contribution in [0.25, 0.3) is 0 Å². The fourth-order valence-corrected chi connectivity index (χ4v) is 4.47. The largest absolute Gasteiger partial charge is 0.454 e. The monoisotopic (exact) mass is 484 g/mol. The third-order valence-electron chi connectivity index (χ3n) is 5.32. The van der Waals surface area contributed by atoms with E-state index in [1.54, 1.807) is 36.4 Å². The van der Waals surface area contributed by atoms with E-state index < -0.39 is 21.8 Å². The fourth-order valence-electron chi connectivity index (χ4n) is 3.23. The maximum absolute atomic E-state index is 13.0. The minimum absolute atomic E-state index is 0.0510. The molecule has 10 heteroatoms. The number of hydrogen-bond acceptors (Lipinski definition) is 6. The zero-order chi connectivity index (χ0) is 24.7. The summed E-state index contributed by atoms with van der Waals surface area (Å²) < 4.78 is 32.7. The molecule has 1 heterocycles. The number of carbonyl (C=O) groups is 2. The molecule has 0 aliphatic heterocycles. The average molecular weight is 485 g/mol. The van der Waals surface area contributed by atoms with E-state index in [4.69, 9.17) is 4.42 Å². The van der Waals surface area contributed by atoms with Crippen LogP contribution in [0.5, 0.6) is 0 Å². The van der Waals surface area contributed by atoms with Gasteiger partial charge in [0.25, 0.3) is 15.9 Å². The highest BCUT2D eigenvalue weighted by molar-refractivity contribution is 7.92. The van der Waals surface area contributed by atoms with Crippen LogP contribution >= 0.6 is 0 Å². The smallest absolute Gasteiger partial charge is 0.305 e. The van der Waals surface area contributed by atoms with Crippen LogP contribution in [0.3, 0.4) is 0 Å². The van der Waals surface area contributed by atoms with E-state index in [-0.39, 0.29) is 16.2 Å². The quantitative estimate of drug-likeness (QED) is 0.452. The molecule has 2 N–H and O–H groups in total. The van der Waals surface area contributed by atoms with Gasteiger partial charge >= 0.3 is 5.91 Å². The van der Waals surface area contributed by atoms with Gasteiger partial charge in [-0.2, -0.15) is 0 Å². The normalized spacial score (nSPS) is 11.3. The van der Waals surface area contributed by atoms with Crippen molar-refractivity contribution in [2.45, 2.75) is 25.3 Å². The molecule has 34 heavy (non-hydrogen) atoms. The van der Waals surface area contributed by atoms with Crippen molar-refractivity contribution in [1.29, 1.82) is 0 Å². The van der Waals surface area contributed by atoms with E-state index in [0.717, 1.165) is 17.4 Å². The van der Waals surface area contributed by atoms with E-state index in [0.29, 0.717) is 18.0 Å². The minimum atomic E-state index is -3.89. The summed E-state index contributed by atoms with van der Waals surface area (Å²) >= 11 is 0. The van der Waals surface area contributed by atoms with Crippen molar-refractivity contribution in [1.82, 2.24) is 15.8 Å². The number of hydrazine groups is 1. The predicted molar refractivity (Wildman–Crippen MR) is 129 cm³/mol. The number of amides is 2. The molecule has 0 radical (unpaired) electrons. The lowest BCUT2D eigenvalue weighted by molar-refractivity contribution is 0.0828. The van der Waals surface area contributed by atoms with Gasteiger partial charge in [0.15, 0.2) is 5.76 Å². The molecule has 1 aromatic heterocycles. The average Bonchev–Trinajstić information content (AvgIpc) is 3.34. The number of nitrogens with one attached hydrogen (secondary N) is 2. The van der Waals surface area contributed by atoms with Gasteiger partial charge in [-0.15, -0.1) is 0 Å². The predicted octanol–water partition coefficient (Wildman–Crippen LogP) is 3.02. The van der Waals surface area contributed by atoms with Gasteiger partial charge in [-0.3, -0.25) is 29.6 Å². The molecule has 2 aromatic carbocycles. The van der Waals surface area contributed by atoms with Crippen LogP contribution in [0.15, 0.2) is 76.0 Å². The number of hydrogen-bond donors (Lipinski definition) is 2. The first-order valence-electron chi connectivity index (χ1n) is 10.8. The first kappa shape index (κ1) is 25.0. The molecule has 0 bridgehead atoms. The Morgan fingerprint density at radius 3 is 2.24 bits per heavy atom. The van der Waals surface area contributed by atoms with Gasteiger partial charge in [0.2, 0.25) is 0 Å². The standard InChI is InChI=1S/C24H28N4O5S/c1-4-28(5-2)17-20-14-15-22(33-20)24(30)26-25-23(29)18-10-9-13-21(16-18)34(31,32)27(3)19-11-7-6-8-12-19/h6-16H,4-5,17H2,1-3H3,(H,25,29)(H,26,30). The highest BCUT2D eigenvalue weighted by Gasteiger charge is 2.22. The van der Waals surface area contributed by atoms with Crippen molar-refractivity contribution in [2.75, 3.05) is 24.4 Å². The number of anilines is 1. The molecule has 9 nitrogen and oxygen atoms in total. The summed E-state index contributed by atoms with van der Waals surface area (Å²) in [6.07, 6.45) is 0. The molecule has 0 aliphatic rings. The molecule has 180 valence electrons. The second-order valence-electron chi connectivity index (χ2n) is 7.47. The van der Waals surface area contributed by atoms with Crippen LogP contribution in [-0.2, 0) is 16.6 Å². The minimum Gasteiger partial charge on any atom is -0.454 e. The maximum Gasteiger partial charge on any atom is 0.305 e. The number of sulfonamides is 1. The highest BCUT2D eigenvalue weighted by Crippen LogP contribution is 2.22. The molecule has 0 saturated carbocycles. The molecular formula is C24H28N4O5S. The van der Waals surface area contributed by atoms with Crippen molar-refractivity contribution in [3.63, 3.8) is 0 Å². The molecule has 3 aromatic rings. The molecule has 0 aliphatic carbocycles. The van der Waals surface area contributed by atoms with Crippen molar-refractivity contribution in [3.05, 3.63) is 83.8 Å². The molecule has 0 saturated heterocycles. The van der Waals surface area contributed by atoms with E-state index in [1.807, 2.05) is 13.8 Å². The van der Waals surface area contributed by atoms with Gasteiger partial charge in [0, 0.05) is 12.6 Å². The number of benzene rings is 2. The third-order valence-corrected chi connectivity index (χ3v) is 7.10. The number of furan rings is 1. The lowest BCUT2D eigenvalue weighted by atomic mass is 10.2. The van der Waals surface area contributed by atoms with E-state index in [9.17, 15) is 18.0 Å². The first-order chi connectivity index (χ1) is 16.3. The van der Waals surface area contributed by atoms with Crippen LogP contribution in [0.4, 0.5) is 5.69 Å². The third kappa shape index (κ3) is 5.83. The van der Waals surface area contributed by atoms with Crippen molar-refractivity contribution < 1.29 is 22.4 Å². The van der Waals surface area contributed by atoms with Gasteiger partial charge in [-0.25, -0.2) is 8.42 Å². The van der Waals surface area contributed by atoms with Crippen LogP contribution in [0.2, 0.25) is 0 Å². The van der Waals surface area contributed by atoms with E-state index >= 15 is 0 Å². The Bertz CT molecular complexity index is 1240. The molecule has 3 rings (SSSR count). The Labute approximate surface area is 199 Å². The maximum atomic E-state index is 13.0. The summed E-state index contributed by atoms with van der Waals surface area (Å²) in [6, 6.07) is 17.4. The van der Waals surface area contributed by atoms with Gasteiger partial charge in [-0.1, -0.05) is 38.1 Å². The van der Waals surface area contributed by atoms with E-state index in [2.05, 4.69) is 15.8 Å². The second kappa shape index (κ2) is 11.0. The molecule has 2 amide bonds. The van der Waals surface area contributed by atoms with Gasteiger partial charge in [0.05, 0.1) is 17.1 Å². The van der Waals surface area contributed by atoms with Crippen molar-refractivity contribution in [2.24, 2.45) is 0 Å². The Hall–Kier alpha value is -3.63. The van der Waals surface area contributed by atoms with Gasteiger partial charge in [0.1, 0.15) is 5.76 Å². The number of carbonyl (C=O) groups excluding carboxylic acids is 2. The Kier molecular flexibility index (Phi) is 8.08. The second-order valence-corrected chi connectivity index (χ2v) is 9.44. The highest BCUT2D eigenvalue weighted by atomic mass is 32.2. The fraction of sp³-hybridized carbons (Fsp3) is 0.250. The summed E-state index contributed by atoms with van der Waals surface area (Å²) in [6.45, 7) is 6.35. The summed E-state index contributed by atoms with van der Waals surface area (Å²) in [4.78, 5) is 27.0. The summed E-state index contributed by atoms with van der Waals surface area (Å²) in [5, 5.41) is 0. The summed E-state index contributed by atoms with van der Waals surface area (Å²) in [7, 11) is -2.45. The molecule has 0 fully saturated rings. The number of para-hydroxylation sites is 1. The molecule has 0 unspecified atom stereocenters. The Balaban J connectivity index is 1.66. The Morgan fingerprint density at radius 1 is 0.882 bits per heavy atom. The van der Waals surface area contributed by atoms with Crippen molar-refractivity contribution >= 4 is 27.5 Å². The Morgan fingerprint density at radius 2 is 1.56 bits per heavy atom. The molecular weight excluding hydrogens is 456 g/mol. The first-order valence-corrected chi connectivity index (χ1v) is 12.3.